The van der Waals surface area contributed by atoms with Crippen molar-refractivity contribution in [3.05, 3.63) is 24.3 Å². The summed E-state index contributed by atoms with van der Waals surface area (Å²) in [5, 5.41) is 0. The van der Waals surface area contributed by atoms with Crippen LogP contribution in [0.2, 0.25) is 0 Å². The van der Waals surface area contributed by atoms with Gasteiger partial charge in [-0.1, -0.05) is 0 Å². The molecule has 3 rings (SSSR count). The van der Waals surface area contributed by atoms with E-state index in [0.717, 1.165) is 31.7 Å². The van der Waals surface area contributed by atoms with E-state index in [9.17, 15) is 9.59 Å². The highest BCUT2D eigenvalue weighted by Crippen LogP contribution is 2.28. The summed E-state index contributed by atoms with van der Waals surface area (Å²) in [5.74, 6) is 0.545. The summed E-state index contributed by atoms with van der Waals surface area (Å²) in [6, 6.07) is 6.86. The number of amides is 2. The first-order chi connectivity index (χ1) is 10.2. The summed E-state index contributed by atoms with van der Waals surface area (Å²) >= 11 is 0. The second-order valence-electron chi connectivity index (χ2n) is 5.46. The van der Waals surface area contributed by atoms with Crippen LogP contribution >= 0.6 is 0 Å². The zero-order chi connectivity index (χ0) is 14.8. The molecular weight excluding hydrogens is 268 g/mol. The monoisotopic (exact) mass is 288 g/mol. The maximum absolute atomic E-state index is 12.5. The van der Waals surface area contributed by atoms with Crippen LogP contribution in [0.3, 0.4) is 0 Å². The molecule has 0 bridgehead atoms. The molecule has 0 aliphatic carbocycles. The Bertz CT molecular complexity index is 535. The Hall–Kier alpha value is -1.88. The molecule has 0 N–H and O–H groups in total. The summed E-state index contributed by atoms with van der Waals surface area (Å²) < 4.78 is 5.38. The molecule has 2 amide bonds. The van der Waals surface area contributed by atoms with E-state index < -0.39 is 0 Å². The van der Waals surface area contributed by atoms with Gasteiger partial charge in [-0.15, -0.1) is 0 Å². The Morgan fingerprint density at radius 1 is 1.14 bits per heavy atom. The first-order valence-electron chi connectivity index (χ1n) is 7.54. The number of imide groups is 1. The fourth-order valence-corrected chi connectivity index (χ4v) is 3.08. The lowest BCUT2D eigenvalue weighted by molar-refractivity contribution is -0.122. The summed E-state index contributed by atoms with van der Waals surface area (Å²) in [4.78, 5) is 28.2. The molecule has 1 aromatic rings. The van der Waals surface area contributed by atoms with Gasteiger partial charge in [0.2, 0.25) is 5.91 Å². The molecule has 112 valence electrons. The second kappa shape index (κ2) is 5.85. The van der Waals surface area contributed by atoms with Crippen molar-refractivity contribution < 1.29 is 14.3 Å². The van der Waals surface area contributed by atoms with E-state index in [2.05, 4.69) is 4.90 Å². The van der Waals surface area contributed by atoms with Crippen LogP contribution in [0.15, 0.2) is 24.3 Å². The van der Waals surface area contributed by atoms with Crippen LogP contribution < -0.4 is 9.64 Å². The van der Waals surface area contributed by atoms with Crippen LogP contribution in [0.4, 0.5) is 5.69 Å². The van der Waals surface area contributed by atoms with Gasteiger partial charge >= 0.3 is 0 Å². The van der Waals surface area contributed by atoms with Crippen LogP contribution in [-0.2, 0) is 9.59 Å². The first kappa shape index (κ1) is 14.1. The number of hydrogen-bond acceptors (Lipinski definition) is 4. The van der Waals surface area contributed by atoms with Gasteiger partial charge in [0, 0.05) is 0 Å². The van der Waals surface area contributed by atoms with Gasteiger partial charge < -0.3 is 4.74 Å². The lowest BCUT2D eigenvalue weighted by atomic mass is 10.2. The van der Waals surface area contributed by atoms with Crippen LogP contribution in [0.25, 0.3) is 0 Å². The van der Waals surface area contributed by atoms with E-state index in [0.29, 0.717) is 18.7 Å². The number of likely N-dealkylation sites (tertiary alicyclic amines) is 1. The summed E-state index contributed by atoms with van der Waals surface area (Å²) in [5.41, 5.74) is 0.634. The standard InChI is InChI=1S/C16H20N2O3/c1-2-21-13-7-5-12(6-8-13)18-15(19)11-14(16(18)20)17-9-3-4-10-17/h5-8,14H,2-4,9-11H2,1H3/t14-/m1/s1. The lowest BCUT2D eigenvalue weighted by Crippen LogP contribution is -2.40. The number of benzene rings is 1. The number of rotatable bonds is 4. The minimum absolute atomic E-state index is 0.0916. The quantitative estimate of drug-likeness (QED) is 0.793. The molecule has 2 aliphatic rings. The Morgan fingerprint density at radius 2 is 1.81 bits per heavy atom. The molecule has 0 aromatic heterocycles. The molecule has 1 aromatic carbocycles. The number of ether oxygens (including phenoxy) is 1. The van der Waals surface area contributed by atoms with Crippen molar-refractivity contribution in [1.29, 1.82) is 0 Å². The minimum Gasteiger partial charge on any atom is -0.494 e. The zero-order valence-electron chi connectivity index (χ0n) is 12.2. The molecule has 1 atom stereocenters. The highest BCUT2D eigenvalue weighted by Gasteiger charge is 2.43. The molecule has 2 aliphatic heterocycles. The largest absolute Gasteiger partial charge is 0.494 e. The minimum atomic E-state index is -0.272. The number of hydrogen-bond donors (Lipinski definition) is 0. The number of anilines is 1. The molecule has 0 radical (unpaired) electrons. The van der Waals surface area contributed by atoms with E-state index in [1.165, 1.54) is 4.90 Å². The van der Waals surface area contributed by atoms with Gasteiger partial charge in [-0.05, 0) is 57.1 Å². The van der Waals surface area contributed by atoms with Crippen LogP contribution in [-0.4, -0.2) is 42.5 Å². The van der Waals surface area contributed by atoms with Crippen molar-refractivity contribution in [3.63, 3.8) is 0 Å². The fraction of sp³-hybridized carbons (Fsp3) is 0.500. The topological polar surface area (TPSA) is 49.9 Å². The molecule has 2 fully saturated rings. The molecule has 0 spiro atoms. The predicted molar refractivity (Wildman–Crippen MR) is 79.3 cm³/mol. The SMILES string of the molecule is CCOc1ccc(N2C(=O)C[C@@H](N3CCCC3)C2=O)cc1. The Labute approximate surface area is 124 Å². The molecule has 5 heteroatoms. The van der Waals surface area contributed by atoms with Crippen molar-refractivity contribution >= 4 is 17.5 Å². The highest BCUT2D eigenvalue weighted by molar-refractivity contribution is 6.22. The molecular formula is C16H20N2O3. The van der Waals surface area contributed by atoms with Gasteiger partial charge in [0.15, 0.2) is 0 Å². The number of nitrogens with zero attached hydrogens (tertiary/aromatic N) is 2. The maximum atomic E-state index is 12.5. The maximum Gasteiger partial charge on any atom is 0.251 e. The smallest absolute Gasteiger partial charge is 0.251 e. The van der Waals surface area contributed by atoms with Gasteiger partial charge in [-0.3, -0.25) is 14.5 Å². The van der Waals surface area contributed by atoms with Gasteiger partial charge in [0.1, 0.15) is 5.75 Å². The van der Waals surface area contributed by atoms with E-state index in [-0.39, 0.29) is 17.9 Å². The predicted octanol–water partition coefficient (Wildman–Crippen LogP) is 1.81. The van der Waals surface area contributed by atoms with E-state index in [1.807, 2.05) is 6.92 Å². The highest BCUT2D eigenvalue weighted by atomic mass is 16.5. The average Bonchev–Trinajstić information content (AvgIpc) is 3.09. The first-order valence-corrected chi connectivity index (χ1v) is 7.54. The van der Waals surface area contributed by atoms with Crippen LogP contribution in [0.5, 0.6) is 5.75 Å². The van der Waals surface area contributed by atoms with E-state index in [1.54, 1.807) is 24.3 Å². The van der Waals surface area contributed by atoms with Crippen molar-refractivity contribution in [1.82, 2.24) is 4.90 Å². The number of carbonyl (C=O) groups excluding carboxylic acids is 2. The number of carbonyl (C=O) groups is 2. The van der Waals surface area contributed by atoms with Crippen LogP contribution in [0, 0.1) is 0 Å². The molecule has 2 saturated heterocycles. The zero-order valence-corrected chi connectivity index (χ0v) is 12.2. The van der Waals surface area contributed by atoms with Crippen LogP contribution in [0.1, 0.15) is 26.2 Å². The molecule has 5 nitrogen and oxygen atoms in total. The average molecular weight is 288 g/mol. The lowest BCUT2D eigenvalue weighted by Gasteiger charge is -2.21. The van der Waals surface area contributed by atoms with E-state index >= 15 is 0 Å². The van der Waals surface area contributed by atoms with Crippen molar-refractivity contribution in [2.75, 3.05) is 24.6 Å². The fourth-order valence-electron chi connectivity index (χ4n) is 3.08. The molecule has 21 heavy (non-hydrogen) atoms. The van der Waals surface area contributed by atoms with Gasteiger partial charge in [-0.25, -0.2) is 4.90 Å². The van der Waals surface area contributed by atoms with Gasteiger partial charge in [0.05, 0.1) is 24.8 Å². The molecule has 0 unspecified atom stereocenters. The third-order valence-electron chi connectivity index (χ3n) is 4.11. The Kier molecular flexibility index (Phi) is 3.92. The van der Waals surface area contributed by atoms with Crippen molar-refractivity contribution in [2.24, 2.45) is 0 Å². The second-order valence-corrected chi connectivity index (χ2v) is 5.46. The third-order valence-corrected chi connectivity index (χ3v) is 4.11. The Morgan fingerprint density at radius 3 is 2.43 bits per heavy atom. The summed E-state index contributed by atoms with van der Waals surface area (Å²) in [7, 11) is 0. The van der Waals surface area contributed by atoms with E-state index in [4.69, 9.17) is 4.74 Å². The van der Waals surface area contributed by atoms with Crippen molar-refractivity contribution in [3.8, 4) is 5.75 Å². The van der Waals surface area contributed by atoms with Gasteiger partial charge in [-0.2, -0.15) is 0 Å². The normalized spacial score (nSPS) is 23.1. The van der Waals surface area contributed by atoms with Crippen molar-refractivity contribution in [2.45, 2.75) is 32.2 Å². The van der Waals surface area contributed by atoms with Gasteiger partial charge in [0.25, 0.3) is 5.91 Å². The summed E-state index contributed by atoms with van der Waals surface area (Å²) in [6.45, 7) is 4.35. The molecule has 2 heterocycles. The summed E-state index contributed by atoms with van der Waals surface area (Å²) in [6.07, 6.45) is 2.52. The Balaban J connectivity index is 1.78. The molecule has 0 saturated carbocycles. The third kappa shape index (κ3) is 2.65.